The molecule has 0 radical (unpaired) electrons. The van der Waals surface area contributed by atoms with Crippen LogP contribution in [0.15, 0.2) is 46.6 Å². The first-order valence-corrected chi connectivity index (χ1v) is 8.16. The maximum absolute atomic E-state index is 10.5. The Bertz CT molecular complexity index is 528. The zero-order valence-electron chi connectivity index (χ0n) is 14.7. The fourth-order valence-corrected chi connectivity index (χ4v) is 3.24. The first-order valence-electron chi connectivity index (χ1n) is 8.16. The molecule has 1 aliphatic carbocycles. The second-order valence-electron chi connectivity index (χ2n) is 7.10. The van der Waals surface area contributed by atoms with Gasteiger partial charge in [-0.3, -0.25) is 0 Å². The fourth-order valence-electron chi connectivity index (χ4n) is 3.24. The van der Waals surface area contributed by atoms with E-state index >= 15 is 0 Å². The van der Waals surface area contributed by atoms with Gasteiger partial charge in [-0.1, -0.05) is 48.8 Å². The zero-order chi connectivity index (χ0) is 16.8. The van der Waals surface area contributed by atoms with Gasteiger partial charge in [-0.25, -0.2) is 4.79 Å². The maximum atomic E-state index is 10.5. The van der Waals surface area contributed by atoms with Crippen molar-refractivity contribution >= 4 is 5.97 Å². The average molecular weight is 302 g/mol. The summed E-state index contributed by atoms with van der Waals surface area (Å²) < 4.78 is 0. The summed E-state index contributed by atoms with van der Waals surface area (Å²) in [6.45, 7) is 11.0. The molecular weight excluding hydrogens is 272 g/mol. The molecule has 0 saturated carbocycles. The molecule has 0 spiro atoms. The van der Waals surface area contributed by atoms with E-state index < -0.39 is 5.97 Å². The molecule has 0 saturated heterocycles. The normalized spacial score (nSPS) is 19.9. The molecule has 0 aromatic carbocycles. The number of carboxylic acid groups (broad SMARTS) is 1. The van der Waals surface area contributed by atoms with Crippen molar-refractivity contribution in [1.82, 2.24) is 0 Å². The third-order valence-corrected chi connectivity index (χ3v) is 4.55. The number of carbonyl (C=O) groups is 1. The topological polar surface area (TPSA) is 37.3 Å². The summed E-state index contributed by atoms with van der Waals surface area (Å²) >= 11 is 0. The van der Waals surface area contributed by atoms with Gasteiger partial charge in [0.2, 0.25) is 0 Å². The minimum Gasteiger partial charge on any atom is -0.478 e. The molecule has 122 valence electrons. The molecule has 0 aromatic heterocycles. The van der Waals surface area contributed by atoms with Crippen LogP contribution in [0.5, 0.6) is 0 Å². The minimum absolute atomic E-state index is 0.346. The van der Waals surface area contributed by atoms with Crippen LogP contribution in [-0.2, 0) is 4.79 Å². The number of hydrogen-bond acceptors (Lipinski definition) is 1. The molecule has 0 heterocycles. The zero-order valence-corrected chi connectivity index (χ0v) is 14.7. The largest absolute Gasteiger partial charge is 0.478 e. The Labute approximate surface area is 135 Å². The van der Waals surface area contributed by atoms with E-state index in [4.69, 9.17) is 5.11 Å². The molecule has 1 rings (SSSR count). The van der Waals surface area contributed by atoms with Crippen LogP contribution in [-0.4, -0.2) is 11.1 Å². The quantitative estimate of drug-likeness (QED) is 0.381. The van der Waals surface area contributed by atoms with Crippen molar-refractivity contribution in [2.45, 2.75) is 66.7 Å². The van der Waals surface area contributed by atoms with Crippen LogP contribution in [0.3, 0.4) is 0 Å². The second kappa shape index (κ2) is 8.17. The van der Waals surface area contributed by atoms with Gasteiger partial charge in [0.1, 0.15) is 0 Å². The summed E-state index contributed by atoms with van der Waals surface area (Å²) in [7, 11) is 0. The van der Waals surface area contributed by atoms with Crippen molar-refractivity contribution in [3.8, 4) is 0 Å². The van der Waals surface area contributed by atoms with E-state index in [0.717, 1.165) is 18.4 Å². The Balaban J connectivity index is 2.62. The number of hydrogen-bond donors (Lipinski definition) is 1. The van der Waals surface area contributed by atoms with Crippen LogP contribution < -0.4 is 0 Å². The monoisotopic (exact) mass is 302 g/mol. The van der Waals surface area contributed by atoms with Gasteiger partial charge in [0.15, 0.2) is 0 Å². The van der Waals surface area contributed by atoms with Gasteiger partial charge < -0.3 is 5.11 Å². The summed E-state index contributed by atoms with van der Waals surface area (Å²) in [6.07, 6.45) is 13.2. The van der Waals surface area contributed by atoms with Crippen LogP contribution in [0.25, 0.3) is 0 Å². The molecule has 0 atom stereocenters. The van der Waals surface area contributed by atoms with Crippen molar-refractivity contribution in [1.29, 1.82) is 0 Å². The Morgan fingerprint density at radius 3 is 2.59 bits per heavy atom. The lowest BCUT2D eigenvalue weighted by atomic mass is 9.71. The average Bonchev–Trinajstić information content (AvgIpc) is 2.36. The highest BCUT2D eigenvalue weighted by Gasteiger charge is 2.27. The summed E-state index contributed by atoms with van der Waals surface area (Å²) in [5.74, 6) is -0.898. The van der Waals surface area contributed by atoms with E-state index in [1.54, 1.807) is 18.1 Å². The summed E-state index contributed by atoms with van der Waals surface area (Å²) in [5.41, 5.74) is 5.65. The van der Waals surface area contributed by atoms with Gasteiger partial charge in [0.05, 0.1) is 0 Å². The van der Waals surface area contributed by atoms with E-state index in [1.807, 2.05) is 12.2 Å². The molecular formula is C20H30O2. The van der Waals surface area contributed by atoms with Crippen molar-refractivity contribution in [2.24, 2.45) is 5.41 Å². The molecule has 0 amide bonds. The Kier molecular flexibility index (Phi) is 6.86. The number of allylic oxidation sites excluding steroid dienone is 7. The van der Waals surface area contributed by atoms with Crippen LogP contribution in [0.2, 0.25) is 0 Å². The molecule has 0 bridgehead atoms. The molecule has 2 nitrogen and oxygen atoms in total. The van der Waals surface area contributed by atoms with Gasteiger partial charge in [0.25, 0.3) is 0 Å². The summed E-state index contributed by atoms with van der Waals surface area (Å²) in [5, 5.41) is 8.66. The second-order valence-corrected chi connectivity index (χ2v) is 7.10. The highest BCUT2D eigenvalue weighted by Crippen LogP contribution is 2.42. The van der Waals surface area contributed by atoms with Crippen LogP contribution >= 0.6 is 0 Å². The van der Waals surface area contributed by atoms with Gasteiger partial charge in [0, 0.05) is 6.08 Å². The third kappa shape index (κ3) is 6.05. The van der Waals surface area contributed by atoms with Gasteiger partial charge >= 0.3 is 5.97 Å². The minimum atomic E-state index is -0.898. The Morgan fingerprint density at radius 2 is 2.00 bits per heavy atom. The fraction of sp³-hybridized carbons (Fsp3) is 0.550. The van der Waals surface area contributed by atoms with Gasteiger partial charge in [-0.05, 0) is 63.9 Å². The van der Waals surface area contributed by atoms with Crippen LogP contribution in [0.1, 0.15) is 66.7 Å². The molecule has 0 aromatic rings. The highest BCUT2D eigenvalue weighted by molar-refractivity contribution is 5.81. The molecule has 0 aliphatic heterocycles. The summed E-state index contributed by atoms with van der Waals surface area (Å²) in [6, 6.07) is 0. The van der Waals surface area contributed by atoms with E-state index in [9.17, 15) is 4.79 Å². The smallest absolute Gasteiger partial charge is 0.328 e. The van der Waals surface area contributed by atoms with Crippen molar-refractivity contribution in [3.63, 3.8) is 0 Å². The predicted octanol–water partition coefficient (Wildman–Crippen LogP) is 5.83. The molecule has 1 aliphatic rings. The van der Waals surface area contributed by atoms with E-state index in [1.165, 1.54) is 30.9 Å². The van der Waals surface area contributed by atoms with Gasteiger partial charge in [-0.15, -0.1) is 0 Å². The first-order chi connectivity index (χ1) is 10.2. The predicted molar refractivity (Wildman–Crippen MR) is 93.9 cm³/mol. The van der Waals surface area contributed by atoms with Gasteiger partial charge in [-0.2, -0.15) is 0 Å². The van der Waals surface area contributed by atoms with E-state index in [-0.39, 0.29) is 0 Å². The van der Waals surface area contributed by atoms with Crippen molar-refractivity contribution in [2.75, 3.05) is 0 Å². The lowest BCUT2D eigenvalue weighted by Gasteiger charge is -2.34. The molecule has 0 fully saturated rings. The van der Waals surface area contributed by atoms with Crippen LogP contribution in [0.4, 0.5) is 0 Å². The van der Waals surface area contributed by atoms with E-state index in [0.29, 0.717) is 5.41 Å². The Hall–Kier alpha value is -1.57. The first kappa shape index (κ1) is 18.5. The van der Waals surface area contributed by atoms with Crippen molar-refractivity contribution in [3.05, 3.63) is 46.6 Å². The highest BCUT2D eigenvalue weighted by atomic mass is 16.4. The maximum Gasteiger partial charge on any atom is 0.328 e. The molecule has 0 unspecified atom stereocenters. The number of carboxylic acids is 1. The number of aliphatic carboxylic acids is 1. The standard InChI is InChI=1S/C20H30O2/c1-15(8-6-9-16(2)14-19(21)22)11-12-18-17(3)10-7-13-20(18,4)5/h6,8-9,14H,7,10-13H2,1-5H3,(H,21,22)/b9-6-,15-8+,16-14+. The Morgan fingerprint density at radius 1 is 1.32 bits per heavy atom. The molecule has 22 heavy (non-hydrogen) atoms. The lowest BCUT2D eigenvalue weighted by molar-refractivity contribution is -0.131. The van der Waals surface area contributed by atoms with Crippen LogP contribution in [0, 0.1) is 5.41 Å². The number of rotatable bonds is 6. The SMILES string of the molecule is CC1=C(CC/C(C)=C/C=C\C(C)=C\C(=O)O)C(C)(C)CCC1. The molecule has 1 N–H and O–H groups in total. The van der Waals surface area contributed by atoms with Crippen molar-refractivity contribution < 1.29 is 9.90 Å². The lowest BCUT2D eigenvalue weighted by Crippen LogP contribution is -2.20. The molecule has 2 heteroatoms. The summed E-state index contributed by atoms with van der Waals surface area (Å²) in [4.78, 5) is 10.5. The third-order valence-electron chi connectivity index (χ3n) is 4.55. The van der Waals surface area contributed by atoms with E-state index in [2.05, 4.69) is 33.8 Å².